The van der Waals surface area contributed by atoms with E-state index in [0.29, 0.717) is 30.8 Å². The lowest BCUT2D eigenvalue weighted by Gasteiger charge is -2.07. The molecule has 104 valence electrons. The minimum absolute atomic E-state index is 0.378. The topological polar surface area (TPSA) is 90.9 Å². The van der Waals surface area contributed by atoms with Gasteiger partial charge in [0.1, 0.15) is 6.61 Å². The molecule has 0 aliphatic rings. The fraction of sp³-hybridized carbons (Fsp3) is 0.583. The molecule has 7 heteroatoms. The highest BCUT2D eigenvalue weighted by Crippen LogP contribution is 2.18. The number of hydrazine groups is 1. The second kappa shape index (κ2) is 5.94. The second-order valence-corrected chi connectivity index (χ2v) is 4.87. The normalized spacial score (nSPS) is 11.4. The molecular formula is C12H20N6O. The zero-order valence-corrected chi connectivity index (χ0v) is 11.6. The molecule has 0 saturated carbocycles. The molecule has 2 aromatic heterocycles. The van der Waals surface area contributed by atoms with E-state index in [2.05, 4.69) is 34.3 Å². The minimum Gasteiger partial charge on any atom is -0.373 e. The van der Waals surface area contributed by atoms with Crippen molar-refractivity contribution in [1.29, 1.82) is 0 Å². The molecule has 19 heavy (non-hydrogen) atoms. The molecule has 0 amide bonds. The van der Waals surface area contributed by atoms with E-state index in [1.807, 2.05) is 7.05 Å². The second-order valence-electron chi connectivity index (χ2n) is 4.87. The lowest BCUT2D eigenvalue weighted by atomic mass is 10.1. The maximum Gasteiger partial charge on any atom is 0.163 e. The first kappa shape index (κ1) is 13.7. The number of ether oxygens (including phenoxy) is 1. The number of aromatic nitrogens is 4. The summed E-state index contributed by atoms with van der Waals surface area (Å²) in [5.41, 5.74) is 3.31. The number of rotatable bonds is 6. The van der Waals surface area contributed by atoms with Crippen LogP contribution in [0.4, 0.5) is 5.82 Å². The lowest BCUT2D eigenvalue weighted by molar-refractivity contribution is 0.106. The van der Waals surface area contributed by atoms with E-state index in [0.717, 1.165) is 17.5 Å². The van der Waals surface area contributed by atoms with E-state index in [1.165, 1.54) is 0 Å². The largest absolute Gasteiger partial charge is 0.373 e. The highest BCUT2D eigenvalue weighted by Gasteiger charge is 2.10. The Morgan fingerprint density at radius 2 is 2.21 bits per heavy atom. The third kappa shape index (κ3) is 3.18. The molecule has 0 spiro atoms. The van der Waals surface area contributed by atoms with Crippen molar-refractivity contribution in [3.05, 3.63) is 12.0 Å². The van der Waals surface area contributed by atoms with Crippen LogP contribution in [0.2, 0.25) is 0 Å². The number of nitrogen functional groups attached to an aromatic ring is 1. The molecule has 0 aliphatic heterocycles. The van der Waals surface area contributed by atoms with Crippen LogP contribution in [0.1, 0.15) is 26.1 Å². The molecule has 0 unspecified atom stereocenters. The predicted octanol–water partition coefficient (Wildman–Crippen LogP) is 1.21. The molecule has 0 radical (unpaired) electrons. The number of aryl methyl sites for hydroxylation is 1. The summed E-state index contributed by atoms with van der Waals surface area (Å²) in [6.07, 6.45) is 2.71. The Hall–Kier alpha value is -1.73. The molecule has 0 fully saturated rings. The van der Waals surface area contributed by atoms with E-state index in [1.54, 1.807) is 10.9 Å². The summed E-state index contributed by atoms with van der Waals surface area (Å²) in [7, 11) is 1.83. The summed E-state index contributed by atoms with van der Waals surface area (Å²) in [6.45, 7) is 5.41. The van der Waals surface area contributed by atoms with E-state index in [9.17, 15) is 0 Å². The number of nitrogens with one attached hydrogen (secondary N) is 1. The highest BCUT2D eigenvalue weighted by molar-refractivity contribution is 5.86. The zero-order chi connectivity index (χ0) is 13.8. The Morgan fingerprint density at radius 1 is 1.42 bits per heavy atom. The highest BCUT2D eigenvalue weighted by atomic mass is 16.5. The molecule has 0 saturated heterocycles. The van der Waals surface area contributed by atoms with Crippen LogP contribution >= 0.6 is 0 Å². The monoisotopic (exact) mass is 264 g/mol. The van der Waals surface area contributed by atoms with Gasteiger partial charge < -0.3 is 10.2 Å². The molecule has 7 nitrogen and oxygen atoms in total. The van der Waals surface area contributed by atoms with Crippen LogP contribution in [-0.2, 0) is 18.4 Å². The molecule has 0 bridgehead atoms. The maximum atomic E-state index is 5.57. The van der Waals surface area contributed by atoms with Crippen LogP contribution in [0.25, 0.3) is 11.0 Å². The SMILES string of the molecule is CC(C)CCOCc1nc(NN)c2cnn(C)c2n1. The van der Waals surface area contributed by atoms with Gasteiger partial charge in [-0.3, -0.25) is 4.68 Å². The molecular weight excluding hydrogens is 244 g/mol. The van der Waals surface area contributed by atoms with Crippen LogP contribution in [0.15, 0.2) is 6.20 Å². The minimum atomic E-state index is 0.378. The van der Waals surface area contributed by atoms with Gasteiger partial charge in [0.05, 0.1) is 11.6 Å². The van der Waals surface area contributed by atoms with Crippen molar-refractivity contribution in [2.24, 2.45) is 18.8 Å². The first-order chi connectivity index (χ1) is 9.11. The van der Waals surface area contributed by atoms with Crippen molar-refractivity contribution in [3.8, 4) is 0 Å². The maximum absolute atomic E-state index is 5.57. The van der Waals surface area contributed by atoms with Gasteiger partial charge in [0, 0.05) is 13.7 Å². The predicted molar refractivity (Wildman–Crippen MR) is 73.2 cm³/mol. The Bertz CT molecular complexity index is 550. The average molecular weight is 264 g/mol. The van der Waals surface area contributed by atoms with Crippen LogP contribution in [0.3, 0.4) is 0 Å². The molecule has 2 heterocycles. The number of nitrogens with two attached hydrogens (primary N) is 1. The third-order valence-electron chi connectivity index (χ3n) is 2.85. The summed E-state index contributed by atoms with van der Waals surface area (Å²) in [5.74, 6) is 7.27. The lowest BCUT2D eigenvalue weighted by Crippen LogP contribution is -2.12. The molecule has 3 N–H and O–H groups in total. The Labute approximate surface area is 112 Å². The van der Waals surface area contributed by atoms with E-state index >= 15 is 0 Å². The summed E-state index contributed by atoms with van der Waals surface area (Å²) >= 11 is 0. The summed E-state index contributed by atoms with van der Waals surface area (Å²) < 4.78 is 7.26. The Balaban J connectivity index is 2.12. The van der Waals surface area contributed by atoms with E-state index in [-0.39, 0.29) is 0 Å². The van der Waals surface area contributed by atoms with Crippen molar-refractivity contribution in [2.45, 2.75) is 26.9 Å². The standard InChI is InChI=1S/C12H20N6O/c1-8(2)4-5-19-7-10-15-11(17-13)9-6-14-18(3)12(9)16-10/h6,8H,4-5,7,13H2,1-3H3,(H,15,16,17). The quantitative estimate of drug-likeness (QED) is 0.463. The van der Waals surface area contributed by atoms with Gasteiger partial charge in [0.2, 0.25) is 0 Å². The summed E-state index contributed by atoms with van der Waals surface area (Å²) in [4.78, 5) is 8.75. The molecule has 0 aromatic carbocycles. The van der Waals surface area contributed by atoms with Gasteiger partial charge in [-0.15, -0.1) is 0 Å². The van der Waals surface area contributed by atoms with Crippen LogP contribution in [0.5, 0.6) is 0 Å². The summed E-state index contributed by atoms with van der Waals surface area (Å²) in [6, 6.07) is 0. The van der Waals surface area contributed by atoms with Gasteiger partial charge in [-0.2, -0.15) is 5.10 Å². The number of fused-ring (bicyclic) bond motifs is 1. The smallest absolute Gasteiger partial charge is 0.163 e. The van der Waals surface area contributed by atoms with Crippen LogP contribution in [0, 0.1) is 5.92 Å². The van der Waals surface area contributed by atoms with Gasteiger partial charge in [-0.05, 0) is 12.3 Å². The van der Waals surface area contributed by atoms with Crippen LogP contribution < -0.4 is 11.3 Å². The van der Waals surface area contributed by atoms with Crippen molar-refractivity contribution in [1.82, 2.24) is 19.7 Å². The van der Waals surface area contributed by atoms with Gasteiger partial charge in [-0.1, -0.05) is 13.8 Å². The molecule has 2 rings (SSSR count). The molecule has 0 atom stereocenters. The van der Waals surface area contributed by atoms with Crippen molar-refractivity contribution >= 4 is 16.9 Å². The first-order valence-electron chi connectivity index (χ1n) is 6.34. The average Bonchev–Trinajstić information content (AvgIpc) is 2.76. The van der Waals surface area contributed by atoms with Gasteiger partial charge in [0.25, 0.3) is 0 Å². The van der Waals surface area contributed by atoms with Gasteiger partial charge >= 0.3 is 0 Å². The fourth-order valence-corrected chi connectivity index (χ4v) is 1.72. The number of hydrogen-bond acceptors (Lipinski definition) is 6. The molecule has 0 aliphatic carbocycles. The zero-order valence-electron chi connectivity index (χ0n) is 11.6. The van der Waals surface area contributed by atoms with Gasteiger partial charge in [0.15, 0.2) is 17.3 Å². The number of anilines is 1. The number of hydrogen-bond donors (Lipinski definition) is 2. The summed E-state index contributed by atoms with van der Waals surface area (Å²) in [5, 5.41) is 4.94. The molecule has 2 aromatic rings. The Morgan fingerprint density at radius 3 is 2.89 bits per heavy atom. The van der Waals surface area contributed by atoms with Crippen molar-refractivity contribution < 1.29 is 4.74 Å². The Kier molecular flexibility index (Phi) is 4.28. The van der Waals surface area contributed by atoms with E-state index < -0.39 is 0 Å². The fourth-order valence-electron chi connectivity index (χ4n) is 1.72. The van der Waals surface area contributed by atoms with Gasteiger partial charge in [-0.25, -0.2) is 15.8 Å². The first-order valence-corrected chi connectivity index (χ1v) is 6.34. The third-order valence-corrected chi connectivity index (χ3v) is 2.85. The number of nitrogens with zero attached hydrogens (tertiary/aromatic N) is 4. The van der Waals surface area contributed by atoms with Crippen molar-refractivity contribution in [2.75, 3.05) is 12.0 Å². The van der Waals surface area contributed by atoms with Crippen molar-refractivity contribution in [3.63, 3.8) is 0 Å². The van der Waals surface area contributed by atoms with E-state index in [4.69, 9.17) is 10.6 Å². The van der Waals surface area contributed by atoms with Crippen LogP contribution in [-0.4, -0.2) is 26.4 Å².